The lowest BCUT2D eigenvalue weighted by atomic mass is 9.85. The average molecular weight is 374 g/mol. The van der Waals surface area contributed by atoms with Crippen LogP contribution in [0.3, 0.4) is 0 Å². The van der Waals surface area contributed by atoms with Gasteiger partial charge < -0.3 is 4.90 Å². The van der Waals surface area contributed by atoms with E-state index in [1.807, 2.05) is 36.7 Å². The molecular formula is C23H23FN4. The molecule has 2 aliphatic rings. The molecule has 142 valence electrons. The molecule has 4 heterocycles. The minimum absolute atomic E-state index is 0.0404. The molecule has 3 aromatic rings. The molecule has 1 aromatic carbocycles. The van der Waals surface area contributed by atoms with Crippen LogP contribution in [0.5, 0.6) is 0 Å². The van der Waals surface area contributed by atoms with Gasteiger partial charge in [-0.05, 0) is 54.9 Å². The Bertz CT molecular complexity index is 977. The van der Waals surface area contributed by atoms with Gasteiger partial charge in [0.25, 0.3) is 0 Å². The summed E-state index contributed by atoms with van der Waals surface area (Å²) in [6.07, 6.45) is 4.83. The van der Waals surface area contributed by atoms with Crippen LogP contribution in [-0.4, -0.2) is 34.5 Å². The Hall–Kier alpha value is -2.79. The van der Waals surface area contributed by atoms with Crippen molar-refractivity contribution in [2.75, 3.05) is 24.5 Å². The van der Waals surface area contributed by atoms with Crippen molar-refractivity contribution in [3.63, 3.8) is 0 Å². The first-order chi connectivity index (χ1) is 13.7. The second kappa shape index (κ2) is 6.99. The van der Waals surface area contributed by atoms with Crippen molar-refractivity contribution in [1.82, 2.24) is 14.9 Å². The highest BCUT2D eigenvalue weighted by Crippen LogP contribution is 2.45. The molecule has 0 bridgehead atoms. The number of hydrogen-bond donors (Lipinski definition) is 0. The standard InChI is InChI=1S/C23H23FN4/c24-19-6-3-5-18(13-19)14-27-12-9-23(16-27)17-28(15-20-7-1-2-10-25-20)21-8-4-11-26-22(21)23/h1-8,10-11,13H,9,12,14-17H2/t23-/m0/s1. The van der Waals surface area contributed by atoms with Gasteiger partial charge in [-0.1, -0.05) is 18.2 Å². The van der Waals surface area contributed by atoms with Gasteiger partial charge in [0.05, 0.1) is 23.6 Å². The fourth-order valence-electron chi connectivity index (χ4n) is 4.72. The Labute approximate surface area is 164 Å². The van der Waals surface area contributed by atoms with Crippen LogP contribution < -0.4 is 4.90 Å². The third-order valence-corrected chi connectivity index (χ3v) is 5.93. The Morgan fingerprint density at radius 2 is 1.86 bits per heavy atom. The average Bonchev–Trinajstić information content (AvgIpc) is 3.25. The van der Waals surface area contributed by atoms with Gasteiger partial charge in [0.2, 0.25) is 0 Å². The first-order valence-corrected chi connectivity index (χ1v) is 9.79. The summed E-state index contributed by atoms with van der Waals surface area (Å²) in [7, 11) is 0. The Kier molecular flexibility index (Phi) is 4.32. The van der Waals surface area contributed by atoms with Crippen LogP contribution in [0, 0.1) is 5.82 Å². The first kappa shape index (κ1) is 17.3. The molecule has 0 N–H and O–H groups in total. The number of hydrogen-bond acceptors (Lipinski definition) is 4. The summed E-state index contributed by atoms with van der Waals surface area (Å²) in [5.41, 5.74) is 4.57. The number of aromatic nitrogens is 2. The van der Waals surface area contributed by atoms with Gasteiger partial charge in [0, 0.05) is 37.4 Å². The minimum atomic E-state index is -0.166. The summed E-state index contributed by atoms with van der Waals surface area (Å²) in [5, 5.41) is 0. The van der Waals surface area contributed by atoms with Crippen molar-refractivity contribution in [2.45, 2.75) is 24.9 Å². The molecule has 5 rings (SSSR count). The lowest BCUT2D eigenvalue weighted by Crippen LogP contribution is -2.36. The molecule has 1 saturated heterocycles. The summed E-state index contributed by atoms with van der Waals surface area (Å²) >= 11 is 0. The van der Waals surface area contributed by atoms with Gasteiger partial charge in [-0.15, -0.1) is 0 Å². The van der Waals surface area contributed by atoms with E-state index >= 15 is 0 Å². The second-order valence-corrected chi connectivity index (χ2v) is 7.92. The molecule has 1 spiro atoms. The highest BCUT2D eigenvalue weighted by atomic mass is 19.1. The summed E-state index contributed by atoms with van der Waals surface area (Å²) in [6, 6.07) is 17.2. The molecule has 4 nitrogen and oxygen atoms in total. The zero-order chi connectivity index (χ0) is 19.0. The zero-order valence-electron chi connectivity index (χ0n) is 15.8. The third-order valence-electron chi connectivity index (χ3n) is 5.93. The van der Waals surface area contributed by atoms with Crippen LogP contribution in [-0.2, 0) is 18.5 Å². The van der Waals surface area contributed by atoms with E-state index in [9.17, 15) is 4.39 Å². The fourth-order valence-corrected chi connectivity index (χ4v) is 4.72. The molecular weight excluding hydrogens is 351 g/mol. The number of benzene rings is 1. The monoisotopic (exact) mass is 374 g/mol. The predicted molar refractivity (Wildman–Crippen MR) is 107 cm³/mol. The number of rotatable bonds is 4. The minimum Gasteiger partial charge on any atom is -0.363 e. The molecule has 0 amide bonds. The molecule has 0 radical (unpaired) electrons. The molecule has 2 aromatic heterocycles. The molecule has 1 atom stereocenters. The van der Waals surface area contributed by atoms with Crippen LogP contribution in [0.2, 0.25) is 0 Å². The molecule has 2 aliphatic heterocycles. The summed E-state index contributed by atoms with van der Waals surface area (Å²) in [5.74, 6) is -0.166. The fraction of sp³-hybridized carbons (Fsp3) is 0.304. The summed E-state index contributed by atoms with van der Waals surface area (Å²) < 4.78 is 13.5. The van der Waals surface area contributed by atoms with Crippen molar-refractivity contribution < 1.29 is 4.39 Å². The topological polar surface area (TPSA) is 32.3 Å². The highest BCUT2D eigenvalue weighted by molar-refractivity contribution is 5.60. The van der Waals surface area contributed by atoms with Gasteiger partial charge in [0.1, 0.15) is 5.82 Å². The van der Waals surface area contributed by atoms with E-state index in [-0.39, 0.29) is 11.2 Å². The number of anilines is 1. The van der Waals surface area contributed by atoms with Gasteiger partial charge in [0.15, 0.2) is 0 Å². The van der Waals surface area contributed by atoms with Crippen molar-refractivity contribution in [3.05, 3.63) is 89.8 Å². The van der Waals surface area contributed by atoms with Gasteiger partial charge >= 0.3 is 0 Å². The van der Waals surface area contributed by atoms with E-state index in [0.717, 1.165) is 50.4 Å². The maximum atomic E-state index is 13.5. The van der Waals surface area contributed by atoms with E-state index in [2.05, 4.69) is 26.9 Å². The van der Waals surface area contributed by atoms with E-state index in [1.165, 1.54) is 17.4 Å². The quantitative estimate of drug-likeness (QED) is 0.696. The lowest BCUT2D eigenvalue weighted by Gasteiger charge is -2.26. The molecule has 0 aliphatic carbocycles. The first-order valence-electron chi connectivity index (χ1n) is 9.79. The molecule has 0 saturated carbocycles. The van der Waals surface area contributed by atoms with Gasteiger partial charge in [-0.3, -0.25) is 14.9 Å². The van der Waals surface area contributed by atoms with Crippen molar-refractivity contribution in [2.24, 2.45) is 0 Å². The third kappa shape index (κ3) is 3.16. The number of fused-ring (bicyclic) bond motifs is 2. The maximum absolute atomic E-state index is 13.5. The molecule has 1 fully saturated rings. The van der Waals surface area contributed by atoms with E-state index in [0.29, 0.717) is 0 Å². The molecule has 5 heteroatoms. The normalized spacial score (nSPS) is 21.4. The maximum Gasteiger partial charge on any atom is 0.123 e. The number of likely N-dealkylation sites (tertiary alicyclic amines) is 1. The van der Waals surface area contributed by atoms with Crippen LogP contribution in [0.25, 0.3) is 0 Å². The van der Waals surface area contributed by atoms with E-state index < -0.39 is 0 Å². The number of nitrogens with zero attached hydrogens (tertiary/aromatic N) is 4. The smallest absolute Gasteiger partial charge is 0.123 e. The summed E-state index contributed by atoms with van der Waals surface area (Å²) in [4.78, 5) is 14.1. The number of halogens is 1. The van der Waals surface area contributed by atoms with Gasteiger partial charge in [-0.2, -0.15) is 0 Å². The second-order valence-electron chi connectivity index (χ2n) is 7.92. The van der Waals surface area contributed by atoms with E-state index in [1.54, 1.807) is 12.1 Å². The van der Waals surface area contributed by atoms with Crippen LogP contribution in [0.4, 0.5) is 10.1 Å². The van der Waals surface area contributed by atoms with Crippen molar-refractivity contribution in [3.8, 4) is 0 Å². The highest BCUT2D eigenvalue weighted by Gasteiger charge is 2.48. The van der Waals surface area contributed by atoms with E-state index in [4.69, 9.17) is 4.98 Å². The van der Waals surface area contributed by atoms with Crippen molar-refractivity contribution >= 4 is 5.69 Å². The summed E-state index contributed by atoms with van der Waals surface area (Å²) in [6.45, 7) is 4.48. The Morgan fingerprint density at radius 1 is 0.929 bits per heavy atom. The van der Waals surface area contributed by atoms with Crippen LogP contribution >= 0.6 is 0 Å². The molecule has 28 heavy (non-hydrogen) atoms. The molecule has 0 unspecified atom stereocenters. The SMILES string of the molecule is Fc1cccc(CN2CC[C@]3(C2)CN(Cc2ccccn2)c2cccnc23)c1. The Morgan fingerprint density at radius 3 is 2.71 bits per heavy atom. The van der Waals surface area contributed by atoms with Crippen molar-refractivity contribution in [1.29, 1.82) is 0 Å². The lowest BCUT2D eigenvalue weighted by molar-refractivity contribution is 0.304. The largest absolute Gasteiger partial charge is 0.363 e. The Balaban J connectivity index is 1.38. The van der Waals surface area contributed by atoms with Crippen LogP contribution in [0.15, 0.2) is 67.0 Å². The van der Waals surface area contributed by atoms with Crippen LogP contribution in [0.1, 0.15) is 23.4 Å². The zero-order valence-corrected chi connectivity index (χ0v) is 15.8. The van der Waals surface area contributed by atoms with Gasteiger partial charge in [-0.25, -0.2) is 4.39 Å². The number of pyridine rings is 2. The predicted octanol–water partition coefficient (Wildman–Crippen LogP) is 3.78.